The Morgan fingerprint density at radius 2 is 1.84 bits per heavy atom. The summed E-state index contributed by atoms with van der Waals surface area (Å²) in [6.07, 6.45) is 6.37. The molecule has 1 nitrogen and oxygen atoms in total. The zero-order valence-electron chi connectivity index (χ0n) is 10.8. The molecule has 1 aromatic carbocycles. The van der Waals surface area contributed by atoms with E-state index in [4.69, 9.17) is 0 Å². The molecule has 2 heteroatoms. The lowest BCUT2D eigenvalue weighted by atomic mass is 10.1. The summed E-state index contributed by atoms with van der Waals surface area (Å²) in [6, 6.07) is 12.5. The van der Waals surface area contributed by atoms with Gasteiger partial charge in [0.1, 0.15) is 0 Å². The van der Waals surface area contributed by atoms with Crippen molar-refractivity contribution < 1.29 is 0 Å². The van der Waals surface area contributed by atoms with Crippen molar-refractivity contribution in [2.24, 2.45) is 0 Å². The minimum atomic E-state index is 0.990. The first-order valence-corrected chi connectivity index (χ1v) is 7.11. The first-order valence-electron chi connectivity index (χ1n) is 6.23. The smallest absolute Gasteiger partial charge is 0.0455 e. The Bertz CT molecular complexity index is 662. The Balaban J connectivity index is 2.02. The lowest BCUT2D eigenvalue weighted by Crippen LogP contribution is -2.16. The van der Waals surface area contributed by atoms with Crippen LogP contribution >= 0.6 is 11.3 Å². The van der Waals surface area contributed by atoms with Crippen LogP contribution in [0.3, 0.4) is 0 Å². The lowest BCUT2D eigenvalue weighted by Gasteiger charge is -2.25. The molecule has 0 aliphatic carbocycles. The second-order valence-corrected chi connectivity index (χ2v) is 5.46. The largest absolute Gasteiger partial charge is 0.317 e. The summed E-state index contributed by atoms with van der Waals surface area (Å²) in [5, 5.41) is 2.13. The van der Waals surface area contributed by atoms with Crippen molar-refractivity contribution in [2.75, 3.05) is 4.90 Å². The molecule has 1 aliphatic rings. The number of hydrogen-bond donors (Lipinski definition) is 0. The molecule has 0 N–H and O–H groups in total. The molecule has 19 heavy (non-hydrogen) atoms. The van der Waals surface area contributed by atoms with Gasteiger partial charge in [0.05, 0.1) is 0 Å². The number of anilines is 1. The Hall–Kier alpha value is -2.06. The van der Waals surface area contributed by atoms with Crippen LogP contribution in [-0.2, 0) is 0 Å². The van der Waals surface area contributed by atoms with E-state index >= 15 is 0 Å². The molecule has 0 saturated heterocycles. The summed E-state index contributed by atoms with van der Waals surface area (Å²) < 4.78 is 0. The number of nitrogens with zero attached hydrogens (tertiary/aromatic N) is 1. The quantitative estimate of drug-likeness (QED) is 0.739. The number of allylic oxidation sites excluding steroid dienone is 3. The Morgan fingerprint density at radius 1 is 1.05 bits per heavy atom. The first kappa shape index (κ1) is 12.0. The summed E-state index contributed by atoms with van der Waals surface area (Å²) in [7, 11) is 0. The van der Waals surface area contributed by atoms with Gasteiger partial charge in [-0.05, 0) is 42.1 Å². The molecular weight excluding hydrogens is 250 g/mol. The standard InChI is InChI=1S/C17H15NS/c1-13-10-11-19-17(13)15-9-8-14(2)18(12-15)16-6-4-3-5-7-16/h3-12H,2H2,1H3. The third-order valence-corrected chi connectivity index (χ3v) is 4.26. The minimum Gasteiger partial charge on any atom is -0.317 e. The Kier molecular flexibility index (Phi) is 3.10. The van der Waals surface area contributed by atoms with E-state index in [0.717, 1.165) is 11.4 Å². The van der Waals surface area contributed by atoms with Gasteiger partial charge in [0, 0.05) is 28.0 Å². The van der Waals surface area contributed by atoms with Crippen molar-refractivity contribution in [2.45, 2.75) is 6.92 Å². The van der Waals surface area contributed by atoms with Gasteiger partial charge < -0.3 is 4.90 Å². The van der Waals surface area contributed by atoms with Crippen LogP contribution in [0, 0.1) is 6.92 Å². The van der Waals surface area contributed by atoms with Gasteiger partial charge in [0.15, 0.2) is 0 Å². The van der Waals surface area contributed by atoms with Gasteiger partial charge in [0.2, 0.25) is 0 Å². The molecule has 0 fully saturated rings. The molecule has 3 rings (SSSR count). The van der Waals surface area contributed by atoms with Crippen molar-refractivity contribution in [3.05, 3.63) is 82.8 Å². The van der Waals surface area contributed by atoms with Crippen LogP contribution in [-0.4, -0.2) is 0 Å². The van der Waals surface area contributed by atoms with Crippen LogP contribution in [0.15, 0.2) is 72.4 Å². The molecule has 0 spiro atoms. The number of hydrogen-bond acceptors (Lipinski definition) is 2. The Labute approximate surface area is 117 Å². The minimum absolute atomic E-state index is 0.990. The Morgan fingerprint density at radius 3 is 2.53 bits per heavy atom. The van der Waals surface area contributed by atoms with Crippen LogP contribution in [0.25, 0.3) is 5.57 Å². The van der Waals surface area contributed by atoms with E-state index in [9.17, 15) is 0 Å². The van der Waals surface area contributed by atoms with Crippen LogP contribution in [0.1, 0.15) is 10.4 Å². The predicted molar refractivity (Wildman–Crippen MR) is 84.2 cm³/mol. The summed E-state index contributed by atoms with van der Waals surface area (Å²) in [6.45, 7) is 6.26. The molecule has 0 amide bonds. The normalized spacial score (nSPS) is 14.7. The lowest BCUT2D eigenvalue weighted by molar-refractivity contribution is 1.20. The first-order chi connectivity index (χ1) is 9.25. The molecular formula is C17H15NS. The maximum Gasteiger partial charge on any atom is 0.0455 e. The van der Waals surface area contributed by atoms with Crippen molar-refractivity contribution in [3.63, 3.8) is 0 Å². The van der Waals surface area contributed by atoms with E-state index in [1.54, 1.807) is 11.3 Å². The van der Waals surface area contributed by atoms with Gasteiger partial charge in [-0.2, -0.15) is 0 Å². The fourth-order valence-electron chi connectivity index (χ4n) is 2.16. The summed E-state index contributed by atoms with van der Waals surface area (Å²) in [4.78, 5) is 3.46. The van der Waals surface area contributed by atoms with Gasteiger partial charge in [-0.15, -0.1) is 11.3 Å². The van der Waals surface area contributed by atoms with Gasteiger partial charge >= 0.3 is 0 Å². The zero-order chi connectivity index (χ0) is 13.2. The molecule has 94 valence electrons. The van der Waals surface area contributed by atoms with Crippen LogP contribution in [0.2, 0.25) is 0 Å². The van der Waals surface area contributed by atoms with Crippen LogP contribution in [0.4, 0.5) is 5.69 Å². The van der Waals surface area contributed by atoms with Crippen molar-refractivity contribution >= 4 is 22.6 Å². The highest BCUT2D eigenvalue weighted by molar-refractivity contribution is 7.11. The van der Waals surface area contributed by atoms with Crippen molar-refractivity contribution in [1.29, 1.82) is 0 Å². The highest BCUT2D eigenvalue weighted by Gasteiger charge is 2.13. The number of rotatable bonds is 2. The van der Waals surface area contributed by atoms with E-state index < -0.39 is 0 Å². The number of benzene rings is 1. The van der Waals surface area contributed by atoms with Crippen LogP contribution < -0.4 is 4.90 Å². The average molecular weight is 265 g/mol. The predicted octanol–water partition coefficient (Wildman–Crippen LogP) is 4.99. The van der Waals surface area contributed by atoms with E-state index in [2.05, 4.69) is 60.3 Å². The number of aryl methyl sites for hydroxylation is 1. The third kappa shape index (κ3) is 2.27. The van der Waals surface area contributed by atoms with Gasteiger partial charge in [-0.3, -0.25) is 0 Å². The van der Waals surface area contributed by atoms with Gasteiger partial charge in [0.25, 0.3) is 0 Å². The van der Waals surface area contributed by atoms with Crippen molar-refractivity contribution in [1.82, 2.24) is 0 Å². The van der Waals surface area contributed by atoms with E-state index in [1.165, 1.54) is 16.0 Å². The second-order valence-electron chi connectivity index (χ2n) is 4.55. The second kappa shape index (κ2) is 4.90. The maximum atomic E-state index is 4.11. The number of thiophene rings is 1. The third-order valence-electron chi connectivity index (χ3n) is 3.19. The maximum absolute atomic E-state index is 4.11. The fraction of sp³-hybridized carbons (Fsp3) is 0.0588. The molecule has 0 atom stereocenters. The molecule has 2 heterocycles. The summed E-state index contributed by atoms with van der Waals surface area (Å²) >= 11 is 1.78. The van der Waals surface area contributed by atoms with Crippen molar-refractivity contribution in [3.8, 4) is 0 Å². The monoisotopic (exact) mass is 265 g/mol. The molecule has 0 bridgehead atoms. The average Bonchev–Trinajstić information content (AvgIpc) is 2.87. The summed E-state index contributed by atoms with van der Waals surface area (Å²) in [5.74, 6) is 0. The molecule has 0 saturated carbocycles. The fourth-order valence-corrected chi connectivity index (χ4v) is 3.08. The summed E-state index contributed by atoms with van der Waals surface area (Å²) in [5.41, 5.74) is 4.69. The molecule has 2 aromatic rings. The molecule has 1 aliphatic heterocycles. The van der Waals surface area contributed by atoms with E-state index in [-0.39, 0.29) is 0 Å². The molecule has 0 unspecified atom stereocenters. The number of para-hydroxylation sites is 1. The highest BCUT2D eigenvalue weighted by atomic mass is 32.1. The molecule has 1 aromatic heterocycles. The topological polar surface area (TPSA) is 3.24 Å². The van der Waals surface area contributed by atoms with E-state index in [0.29, 0.717) is 0 Å². The van der Waals surface area contributed by atoms with Gasteiger partial charge in [-0.1, -0.05) is 30.9 Å². The zero-order valence-corrected chi connectivity index (χ0v) is 11.7. The SMILES string of the molecule is C=C1C=CC(c2sccc2C)=CN1c1ccccc1. The van der Waals surface area contributed by atoms with Gasteiger partial charge in [-0.25, -0.2) is 0 Å². The van der Waals surface area contributed by atoms with Crippen LogP contribution in [0.5, 0.6) is 0 Å². The molecule has 0 radical (unpaired) electrons. The van der Waals surface area contributed by atoms with E-state index in [1.807, 2.05) is 18.2 Å². The highest BCUT2D eigenvalue weighted by Crippen LogP contribution is 2.32.